The molecule has 2 heterocycles. The maximum Gasteiger partial charge on any atom is 0.234 e. The van der Waals surface area contributed by atoms with E-state index in [9.17, 15) is 13.2 Å². The van der Waals surface area contributed by atoms with Crippen molar-refractivity contribution in [1.29, 1.82) is 5.26 Å². The van der Waals surface area contributed by atoms with Crippen LogP contribution >= 0.6 is 0 Å². The van der Waals surface area contributed by atoms with E-state index in [1.807, 2.05) is 18.2 Å². The number of nitrogens with zero attached hydrogens (tertiary/aromatic N) is 4. The number of hydrogen-bond donors (Lipinski definition) is 2. The van der Waals surface area contributed by atoms with E-state index in [1.165, 1.54) is 0 Å². The van der Waals surface area contributed by atoms with Crippen molar-refractivity contribution in [2.45, 2.75) is 18.3 Å². The lowest BCUT2D eigenvalue weighted by atomic mass is 10.1. The van der Waals surface area contributed by atoms with Crippen LogP contribution in [0.5, 0.6) is 5.75 Å². The first-order chi connectivity index (χ1) is 15.8. The lowest BCUT2D eigenvalue weighted by Gasteiger charge is -2.12. The maximum absolute atomic E-state index is 12.9. The third kappa shape index (κ3) is 4.67. The van der Waals surface area contributed by atoms with Crippen LogP contribution in [0.25, 0.3) is 16.9 Å². The van der Waals surface area contributed by atoms with Crippen LogP contribution in [0.2, 0.25) is 0 Å². The van der Waals surface area contributed by atoms with E-state index >= 15 is 0 Å². The van der Waals surface area contributed by atoms with Crippen LogP contribution in [0.3, 0.4) is 0 Å². The van der Waals surface area contributed by atoms with Gasteiger partial charge in [0.25, 0.3) is 0 Å². The van der Waals surface area contributed by atoms with Gasteiger partial charge in [0, 0.05) is 24.9 Å². The number of nitriles is 1. The molecule has 0 saturated heterocycles. The molecule has 2 N–H and O–H groups in total. The average molecular weight is 469 g/mol. The Morgan fingerprint density at radius 1 is 1.21 bits per heavy atom. The normalized spacial score (nSPS) is 14.6. The molecule has 0 bridgehead atoms. The summed E-state index contributed by atoms with van der Waals surface area (Å²) in [6.07, 6.45) is 2.40. The zero-order valence-corrected chi connectivity index (χ0v) is 19.1. The minimum absolute atomic E-state index is 0.139. The number of ether oxygens (including phenoxy) is 1. The molecule has 3 aromatic rings. The van der Waals surface area contributed by atoms with Crippen molar-refractivity contribution >= 4 is 21.4 Å². The van der Waals surface area contributed by atoms with E-state index in [0.29, 0.717) is 48.7 Å². The first-order valence-electron chi connectivity index (χ1n) is 10.4. The second kappa shape index (κ2) is 8.80. The molecular weight excluding hydrogens is 444 g/mol. The third-order valence-electron chi connectivity index (χ3n) is 5.54. The number of benzene rings is 1. The van der Waals surface area contributed by atoms with Crippen molar-refractivity contribution in [1.82, 2.24) is 25.2 Å². The van der Waals surface area contributed by atoms with Gasteiger partial charge in [-0.3, -0.25) is 4.79 Å². The van der Waals surface area contributed by atoms with Gasteiger partial charge in [0.1, 0.15) is 5.41 Å². The van der Waals surface area contributed by atoms with Gasteiger partial charge in [-0.1, -0.05) is 12.1 Å². The quantitative estimate of drug-likeness (QED) is 0.444. The molecule has 0 unspecified atom stereocenters. The highest BCUT2D eigenvalue weighted by Gasteiger charge is 2.54. The van der Waals surface area contributed by atoms with Gasteiger partial charge in [-0.2, -0.15) is 5.26 Å². The number of hydrogen-bond acceptors (Lipinski definition) is 8. The SMILES string of the molecule is COc1ccc(-c2ccc(C#N)cc2)n2nc(C3(C(=O)NCCNCS(C)(=O)=O)CC3)nc12. The van der Waals surface area contributed by atoms with Crippen LogP contribution < -0.4 is 15.4 Å². The first kappa shape index (κ1) is 22.7. The van der Waals surface area contributed by atoms with Crippen molar-refractivity contribution in [2.75, 3.05) is 32.3 Å². The second-order valence-corrected chi connectivity index (χ2v) is 10.2. The summed E-state index contributed by atoms with van der Waals surface area (Å²) in [6, 6.07) is 12.9. The Hall–Kier alpha value is -3.49. The molecule has 33 heavy (non-hydrogen) atoms. The molecule has 172 valence electrons. The topological polar surface area (TPSA) is 138 Å². The standard InChI is InChI=1S/C22H24N6O4S/c1-32-18-8-7-17(16-5-3-15(13-23)4-6-16)28-19(18)26-20(27-28)22(9-10-22)21(29)25-12-11-24-14-33(2,30)31/h3-8,24H,9-12,14H2,1-2H3,(H,25,29). The molecular formula is C22H24N6O4S. The van der Waals surface area contributed by atoms with Crippen molar-refractivity contribution in [3.05, 3.63) is 47.8 Å². The number of carbonyl (C=O) groups excluding carboxylic acids is 1. The van der Waals surface area contributed by atoms with Crippen molar-refractivity contribution in [2.24, 2.45) is 0 Å². The molecule has 0 aliphatic heterocycles. The minimum Gasteiger partial charge on any atom is -0.493 e. The molecule has 10 nitrogen and oxygen atoms in total. The smallest absolute Gasteiger partial charge is 0.234 e. The summed E-state index contributed by atoms with van der Waals surface area (Å²) in [6.45, 7) is 0.632. The van der Waals surface area contributed by atoms with Gasteiger partial charge in [0.05, 0.1) is 30.3 Å². The summed E-state index contributed by atoms with van der Waals surface area (Å²) >= 11 is 0. The fraction of sp³-hybridized carbons (Fsp3) is 0.364. The third-order valence-corrected chi connectivity index (χ3v) is 6.27. The zero-order valence-electron chi connectivity index (χ0n) is 18.3. The lowest BCUT2D eigenvalue weighted by Crippen LogP contribution is -2.39. The predicted octanol–water partition coefficient (Wildman–Crippen LogP) is 1.02. The van der Waals surface area contributed by atoms with Crippen LogP contribution in [-0.4, -0.2) is 61.3 Å². The van der Waals surface area contributed by atoms with Crippen LogP contribution in [-0.2, 0) is 20.0 Å². The van der Waals surface area contributed by atoms with E-state index in [2.05, 4.69) is 26.8 Å². The number of pyridine rings is 1. The predicted molar refractivity (Wildman–Crippen MR) is 121 cm³/mol. The largest absolute Gasteiger partial charge is 0.493 e. The van der Waals surface area contributed by atoms with Gasteiger partial charge >= 0.3 is 0 Å². The molecule has 1 aromatic carbocycles. The number of aromatic nitrogens is 3. The second-order valence-electron chi connectivity index (χ2n) is 8.06. The number of fused-ring (bicyclic) bond motifs is 1. The van der Waals surface area contributed by atoms with Crippen molar-refractivity contribution in [3.8, 4) is 23.1 Å². The number of amides is 1. The molecule has 1 aliphatic rings. The molecule has 1 fully saturated rings. The van der Waals surface area contributed by atoms with Crippen LogP contribution in [0, 0.1) is 11.3 Å². The maximum atomic E-state index is 12.9. The van der Waals surface area contributed by atoms with Crippen molar-refractivity contribution in [3.63, 3.8) is 0 Å². The van der Waals surface area contributed by atoms with Gasteiger partial charge in [0.2, 0.25) is 5.91 Å². The summed E-state index contributed by atoms with van der Waals surface area (Å²) in [5.41, 5.74) is 1.86. The molecule has 11 heteroatoms. The van der Waals surface area contributed by atoms with Gasteiger partial charge in [-0.05, 0) is 37.1 Å². The molecule has 0 spiro atoms. The molecule has 1 aliphatic carbocycles. The highest BCUT2D eigenvalue weighted by atomic mass is 32.2. The monoisotopic (exact) mass is 468 g/mol. The molecule has 0 radical (unpaired) electrons. The summed E-state index contributed by atoms with van der Waals surface area (Å²) in [4.78, 5) is 17.6. The summed E-state index contributed by atoms with van der Waals surface area (Å²) < 4.78 is 29.5. The van der Waals surface area contributed by atoms with Crippen LogP contribution in [0.1, 0.15) is 24.2 Å². The Kier molecular flexibility index (Phi) is 6.05. The summed E-state index contributed by atoms with van der Waals surface area (Å²) in [5, 5.41) is 19.4. The molecule has 1 amide bonds. The molecule has 4 rings (SSSR count). The van der Waals surface area contributed by atoms with Gasteiger partial charge in [-0.25, -0.2) is 17.9 Å². The molecule has 2 aromatic heterocycles. The fourth-order valence-corrected chi connectivity index (χ4v) is 4.12. The van der Waals surface area contributed by atoms with Crippen molar-refractivity contribution < 1.29 is 17.9 Å². The number of carbonyl (C=O) groups is 1. The average Bonchev–Trinajstić information content (AvgIpc) is 3.49. The molecule has 1 saturated carbocycles. The highest BCUT2D eigenvalue weighted by molar-refractivity contribution is 7.90. The van der Waals surface area contributed by atoms with E-state index < -0.39 is 15.3 Å². The number of sulfone groups is 1. The number of rotatable bonds is 9. The van der Waals surface area contributed by atoms with Gasteiger partial charge in [0.15, 0.2) is 27.1 Å². The first-order valence-corrected chi connectivity index (χ1v) is 12.4. The Morgan fingerprint density at radius 3 is 2.55 bits per heavy atom. The fourth-order valence-electron chi connectivity index (χ4n) is 3.60. The van der Waals surface area contributed by atoms with Crippen LogP contribution in [0.4, 0.5) is 0 Å². The van der Waals surface area contributed by atoms with Gasteiger partial charge in [-0.15, -0.1) is 5.10 Å². The number of nitrogens with one attached hydrogen (secondary N) is 2. The highest BCUT2D eigenvalue weighted by Crippen LogP contribution is 2.47. The van der Waals surface area contributed by atoms with E-state index in [4.69, 9.17) is 10.00 Å². The van der Waals surface area contributed by atoms with E-state index in [1.54, 1.807) is 29.8 Å². The van der Waals surface area contributed by atoms with E-state index in [0.717, 1.165) is 17.5 Å². The minimum atomic E-state index is -3.11. The summed E-state index contributed by atoms with van der Waals surface area (Å²) in [7, 11) is -1.56. The van der Waals surface area contributed by atoms with Gasteiger partial charge < -0.3 is 15.4 Å². The summed E-state index contributed by atoms with van der Waals surface area (Å²) in [5.74, 6) is 0.634. The number of methoxy groups -OCH3 is 1. The Morgan fingerprint density at radius 2 is 1.94 bits per heavy atom. The Balaban J connectivity index is 1.59. The van der Waals surface area contributed by atoms with Crippen LogP contribution in [0.15, 0.2) is 36.4 Å². The zero-order chi connectivity index (χ0) is 23.6. The Bertz CT molecular complexity index is 1340. The Labute approximate surface area is 191 Å². The van der Waals surface area contributed by atoms with E-state index in [-0.39, 0.29) is 11.8 Å². The molecule has 0 atom stereocenters. The lowest BCUT2D eigenvalue weighted by molar-refractivity contribution is -0.123.